The fraction of sp³-hybridized carbons (Fsp3) is 0.533. The topological polar surface area (TPSA) is 23.5 Å². The molecule has 1 fully saturated rings. The minimum Gasteiger partial charge on any atom is -0.508 e. The van der Waals surface area contributed by atoms with Gasteiger partial charge in [-0.15, -0.1) is 0 Å². The van der Waals surface area contributed by atoms with E-state index in [1.165, 1.54) is 30.9 Å². The monoisotopic (exact) mass is 232 g/mol. The molecule has 2 rings (SSSR count). The lowest BCUT2D eigenvalue weighted by Gasteiger charge is -2.33. The van der Waals surface area contributed by atoms with Crippen molar-refractivity contribution in [2.24, 2.45) is 0 Å². The van der Waals surface area contributed by atoms with Crippen LogP contribution in [0.4, 0.5) is 0 Å². The molecule has 0 amide bonds. The Morgan fingerprint density at radius 2 is 2.24 bits per heavy atom. The molecule has 0 saturated carbocycles. The number of hydrogen-bond donors (Lipinski definition) is 1. The van der Waals surface area contributed by atoms with Gasteiger partial charge < -0.3 is 10.0 Å². The van der Waals surface area contributed by atoms with Crippen LogP contribution in [0, 0.1) is 5.92 Å². The number of hydrogen-bond acceptors (Lipinski definition) is 2. The number of nitrogens with zero attached hydrogens (tertiary/aromatic N) is 1. The van der Waals surface area contributed by atoms with Crippen LogP contribution in [0.25, 0.3) is 0 Å². The Bertz CT molecular complexity index is 362. The summed E-state index contributed by atoms with van der Waals surface area (Å²) in [6.45, 7) is 7.82. The molecule has 1 N–H and O–H groups in total. The molecule has 93 valence electrons. The summed E-state index contributed by atoms with van der Waals surface area (Å²) in [6, 6.07) is 7.74. The van der Waals surface area contributed by atoms with Crippen LogP contribution in [0.5, 0.6) is 5.75 Å². The van der Waals surface area contributed by atoms with E-state index in [-0.39, 0.29) is 0 Å². The summed E-state index contributed by atoms with van der Waals surface area (Å²) >= 11 is 0. The largest absolute Gasteiger partial charge is 0.508 e. The molecule has 0 bridgehead atoms. The number of rotatable bonds is 3. The van der Waals surface area contributed by atoms with Crippen LogP contribution < -0.4 is 0 Å². The van der Waals surface area contributed by atoms with Gasteiger partial charge in [0.1, 0.15) is 5.75 Å². The lowest BCUT2D eigenvalue weighted by atomic mass is 9.90. The zero-order valence-corrected chi connectivity index (χ0v) is 10.8. The van der Waals surface area contributed by atoms with E-state index >= 15 is 0 Å². The third kappa shape index (κ3) is 3.47. The summed E-state index contributed by atoms with van der Waals surface area (Å²) in [5, 5.41) is 9.54. The SMILES string of the molecule is C[C](C)CN1CCCC(c2cccc(O)c2)C1. The minimum atomic E-state index is 0.387. The number of phenols is 1. The van der Waals surface area contributed by atoms with Gasteiger partial charge in [-0.25, -0.2) is 0 Å². The average Bonchev–Trinajstić information content (AvgIpc) is 2.28. The third-order valence-electron chi connectivity index (χ3n) is 3.39. The van der Waals surface area contributed by atoms with Crippen molar-refractivity contribution in [1.82, 2.24) is 4.90 Å². The summed E-state index contributed by atoms with van der Waals surface area (Å²) < 4.78 is 0. The Morgan fingerprint density at radius 3 is 2.94 bits per heavy atom. The first-order valence-corrected chi connectivity index (χ1v) is 6.45. The molecule has 1 saturated heterocycles. The van der Waals surface area contributed by atoms with Crippen molar-refractivity contribution < 1.29 is 5.11 Å². The third-order valence-corrected chi connectivity index (χ3v) is 3.39. The Kier molecular flexibility index (Phi) is 4.06. The van der Waals surface area contributed by atoms with E-state index in [9.17, 15) is 5.11 Å². The van der Waals surface area contributed by atoms with Gasteiger partial charge in [0.05, 0.1) is 0 Å². The minimum absolute atomic E-state index is 0.387. The highest BCUT2D eigenvalue weighted by Crippen LogP contribution is 2.29. The van der Waals surface area contributed by atoms with Crippen molar-refractivity contribution in [1.29, 1.82) is 0 Å². The normalized spacial score (nSPS) is 21.9. The Morgan fingerprint density at radius 1 is 1.41 bits per heavy atom. The maximum absolute atomic E-state index is 9.54. The highest BCUT2D eigenvalue weighted by molar-refractivity contribution is 5.30. The number of phenolic OH excluding ortho intramolecular Hbond substituents is 1. The fourth-order valence-electron chi connectivity index (χ4n) is 2.70. The summed E-state index contributed by atoms with van der Waals surface area (Å²) in [5.41, 5.74) is 1.28. The van der Waals surface area contributed by atoms with Crippen molar-refractivity contribution in [3.8, 4) is 5.75 Å². The first-order chi connectivity index (χ1) is 8.15. The van der Waals surface area contributed by atoms with Gasteiger partial charge >= 0.3 is 0 Å². The smallest absolute Gasteiger partial charge is 0.115 e. The molecule has 1 aliphatic rings. The van der Waals surface area contributed by atoms with Crippen molar-refractivity contribution in [2.75, 3.05) is 19.6 Å². The number of benzene rings is 1. The van der Waals surface area contributed by atoms with Gasteiger partial charge in [-0.1, -0.05) is 26.0 Å². The van der Waals surface area contributed by atoms with Crippen LogP contribution in [0.1, 0.15) is 38.2 Å². The first kappa shape index (κ1) is 12.4. The van der Waals surface area contributed by atoms with Crippen LogP contribution in [0.3, 0.4) is 0 Å². The summed E-state index contributed by atoms with van der Waals surface area (Å²) in [5.74, 6) is 2.44. The van der Waals surface area contributed by atoms with Crippen LogP contribution in [0.15, 0.2) is 24.3 Å². The fourth-order valence-corrected chi connectivity index (χ4v) is 2.70. The van der Waals surface area contributed by atoms with Crippen molar-refractivity contribution in [3.05, 3.63) is 35.7 Å². The van der Waals surface area contributed by atoms with Crippen molar-refractivity contribution >= 4 is 0 Å². The summed E-state index contributed by atoms with van der Waals surface area (Å²) in [7, 11) is 0. The van der Waals surface area contributed by atoms with Gasteiger partial charge in [-0.05, 0) is 48.9 Å². The highest BCUT2D eigenvalue weighted by Gasteiger charge is 2.21. The quantitative estimate of drug-likeness (QED) is 0.865. The molecule has 1 aliphatic heterocycles. The van der Waals surface area contributed by atoms with Gasteiger partial charge in [-0.3, -0.25) is 0 Å². The molecule has 1 atom stereocenters. The van der Waals surface area contributed by atoms with Gasteiger partial charge in [-0.2, -0.15) is 0 Å². The highest BCUT2D eigenvalue weighted by atomic mass is 16.3. The van der Waals surface area contributed by atoms with E-state index in [4.69, 9.17) is 0 Å². The molecular weight excluding hydrogens is 210 g/mol. The number of aromatic hydroxyl groups is 1. The van der Waals surface area contributed by atoms with E-state index in [0.29, 0.717) is 11.7 Å². The maximum Gasteiger partial charge on any atom is 0.115 e. The summed E-state index contributed by atoms with van der Waals surface area (Å²) in [6.07, 6.45) is 2.50. The number of piperidine rings is 1. The molecule has 0 spiro atoms. The van der Waals surface area contributed by atoms with E-state index in [0.717, 1.165) is 13.1 Å². The lowest BCUT2D eigenvalue weighted by Crippen LogP contribution is -2.36. The molecule has 0 aliphatic carbocycles. The predicted octanol–water partition coefficient (Wildman–Crippen LogP) is 3.19. The Balaban J connectivity index is 2.02. The van der Waals surface area contributed by atoms with Gasteiger partial charge in [0.2, 0.25) is 0 Å². The molecule has 1 aromatic rings. The van der Waals surface area contributed by atoms with E-state index in [2.05, 4.69) is 24.8 Å². The Labute approximate surface area is 104 Å². The second-order valence-electron chi connectivity index (χ2n) is 5.38. The lowest BCUT2D eigenvalue weighted by molar-refractivity contribution is 0.215. The molecule has 1 heterocycles. The van der Waals surface area contributed by atoms with Crippen LogP contribution in [0.2, 0.25) is 0 Å². The van der Waals surface area contributed by atoms with E-state index < -0.39 is 0 Å². The summed E-state index contributed by atoms with van der Waals surface area (Å²) in [4.78, 5) is 2.52. The molecule has 17 heavy (non-hydrogen) atoms. The zero-order valence-electron chi connectivity index (χ0n) is 10.8. The second-order valence-corrected chi connectivity index (χ2v) is 5.38. The molecule has 1 radical (unpaired) electrons. The molecule has 1 unspecified atom stereocenters. The van der Waals surface area contributed by atoms with E-state index in [1.54, 1.807) is 6.07 Å². The molecule has 2 nitrogen and oxygen atoms in total. The number of likely N-dealkylation sites (tertiary alicyclic amines) is 1. The zero-order chi connectivity index (χ0) is 12.3. The molecule has 0 aromatic heterocycles. The van der Waals surface area contributed by atoms with Crippen molar-refractivity contribution in [2.45, 2.75) is 32.6 Å². The van der Waals surface area contributed by atoms with Gasteiger partial charge in [0, 0.05) is 13.1 Å². The van der Waals surface area contributed by atoms with Gasteiger partial charge in [0.25, 0.3) is 0 Å². The molecular formula is C15H22NO. The van der Waals surface area contributed by atoms with Crippen LogP contribution in [-0.2, 0) is 0 Å². The predicted molar refractivity (Wildman–Crippen MR) is 71.1 cm³/mol. The molecule has 2 heteroatoms. The first-order valence-electron chi connectivity index (χ1n) is 6.45. The van der Waals surface area contributed by atoms with Gasteiger partial charge in [0.15, 0.2) is 0 Å². The average molecular weight is 232 g/mol. The Hall–Kier alpha value is -1.02. The standard InChI is InChI=1S/C15H22NO/c1-12(2)10-16-8-4-6-14(11-16)13-5-3-7-15(17)9-13/h3,5,7,9,14,17H,4,6,8,10-11H2,1-2H3. The van der Waals surface area contributed by atoms with E-state index in [1.807, 2.05) is 12.1 Å². The maximum atomic E-state index is 9.54. The van der Waals surface area contributed by atoms with Crippen LogP contribution >= 0.6 is 0 Å². The van der Waals surface area contributed by atoms with Crippen molar-refractivity contribution in [3.63, 3.8) is 0 Å². The van der Waals surface area contributed by atoms with Crippen LogP contribution in [-0.4, -0.2) is 29.6 Å². The molecule has 1 aromatic carbocycles. The second kappa shape index (κ2) is 5.54.